The number of rotatable bonds is 3. The zero-order chi connectivity index (χ0) is 12.7. The van der Waals surface area contributed by atoms with Gasteiger partial charge in [0.05, 0.1) is 0 Å². The van der Waals surface area contributed by atoms with E-state index < -0.39 is 11.9 Å². The zero-order valence-electron chi connectivity index (χ0n) is 9.00. The van der Waals surface area contributed by atoms with Crippen molar-refractivity contribution < 1.29 is 9.59 Å². The predicted octanol–water partition coefficient (Wildman–Crippen LogP) is 1.94. The Balaban J connectivity index is 2.56. The van der Waals surface area contributed by atoms with Gasteiger partial charge in [-0.25, -0.2) is 4.79 Å². The molecule has 0 saturated carbocycles. The second kappa shape index (κ2) is 6.56. The third-order valence-electron chi connectivity index (χ3n) is 1.86. The van der Waals surface area contributed by atoms with Gasteiger partial charge in [0.25, 0.3) is 0 Å². The molecule has 0 atom stereocenters. The fraction of sp³-hybridized carbons (Fsp3) is 0.167. The molecule has 0 radical (unpaired) electrons. The van der Waals surface area contributed by atoms with Crippen molar-refractivity contribution in [2.45, 2.75) is 6.42 Å². The molecule has 0 aliphatic rings. The number of hydrogen-bond acceptors (Lipinski definition) is 2. The van der Waals surface area contributed by atoms with E-state index in [4.69, 9.17) is 18.0 Å². The van der Waals surface area contributed by atoms with Crippen molar-refractivity contribution in [2.24, 2.45) is 0 Å². The average Bonchev–Trinajstić information content (AvgIpc) is 2.29. The fourth-order valence-electron chi connectivity index (χ4n) is 1.12. The summed E-state index contributed by atoms with van der Waals surface area (Å²) in [7, 11) is 0. The van der Waals surface area contributed by atoms with Gasteiger partial charge in [-0.15, -0.1) is 18.0 Å². The molecule has 1 aromatic rings. The average molecular weight is 251 g/mol. The third kappa shape index (κ3) is 4.58. The molecule has 0 spiro atoms. The summed E-state index contributed by atoms with van der Waals surface area (Å²) >= 11 is 5.36. The number of benzene rings is 1. The van der Waals surface area contributed by atoms with Crippen LogP contribution in [0.4, 0.5) is 10.5 Å². The highest BCUT2D eigenvalue weighted by Gasteiger charge is 2.06. The Morgan fingerprint density at radius 2 is 2.18 bits per heavy atom. The van der Waals surface area contributed by atoms with Crippen LogP contribution in [0.2, 0.25) is 0 Å². The summed E-state index contributed by atoms with van der Waals surface area (Å²) in [6.07, 6.45) is 5.32. The van der Waals surface area contributed by atoms with Gasteiger partial charge in [-0.3, -0.25) is 10.1 Å². The Kier molecular flexibility index (Phi) is 5.05. The minimum Gasteiger partial charge on any atom is -0.308 e. The van der Waals surface area contributed by atoms with Crippen LogP contribution < -0.4 is 10.6 Å². The summed E-state index contributed by atoms with van der Waals surface area (Å²) in [4.78, 5) is 22.4. The maximum atomic E-state index is 11.4. The largest absolute Gasteiger partial charge is 0.325 e. The summed E-state index contributed by atoms with van der Waals surface area (Å²) < 4.78 is 0. The van der Waals surface area contributed by atoms with E-state index in [1.807, 2.05) is 0 Å². The first-order chi connectivity index (χ1) is 8.15. The van der Waals surface area contributed by atoms with Crippen molar-refractivity contribution >= 4 is 29.2 Å². The molecule has 0 aliphatic heterocycles. The lowest BCUT2D eigenvalue weighted by molar-refractivity contribution is -0.119. The molecule has 5 heteroatoms. The summed E-state index contributed by atoms with van der Waals surface area (Å²) in [5.41, 5.74) is 1.17. The molecule has 0 saturated heterocycles. The maximum Gasteiger partial charge on any atom is 0.325 e. The van der Waals surface area contributed by atoms with E-state index >= 15 is 0 Å². The number of amides is 3. The van der Waals surface area contributed by atoms with Gasteiger partial charge in [0, 0.05) is 23.6 Å². The van der Waals surface area contributed by atoms with Gasteiger partial charge in [0.1, 0.15) is 0 Å². The van der Waals surface area contributed by atoms with Gasteiger partial charge in [0.2, 0.25) is 5.91 Å². The Hall–Kier alpha value is -1.99. The molecule has 0 aliphatic carbocycles. The summed E-state index contributed by atoms with van der Waals surface area (Å²) in [6, 6.07) is 6.15. The summed E-state index contributed by atoms with van der Waals surface area (Å²) in [6.45, 7) is 0. The molecule has 1 aromatic carbocycles. The number of anilines is 1. The van der Waals surface area contributed by atoms with Gasteiger partial charge >= 0.3 is 6.03 Å². The number of alkyl halides is 1. The van der Waals surface area contributed by atoms with Crippen molar-refractivity contribution in [3.63, 3.8) is 0 Å². The molecular formula is C12H11ClN2O2. The van der Waals surface area contributed by atoms with Crippen molar-refractivity contribution in [1.29, 1.82) is 0 Å². The van der Waals surface area contributed by atoms with E-state index in [1.54, 1.807) is 24.3 Å². The summed E-state index contributed by atoms with van der Waals surface area (Å²) in [5.74, 6) is 2.19. The normalized spacial score (nSPS) is 9.18. The predicted molar refractivity (Wildman–Crippen MR) is 66.9 cm³/mol. The third-order valence-corrected chi connectivity index (χ3v) is 2.05. The molecule has 88 valence electrons. The number of carbonyl (C=O) groups is 2. The van der Waals surface area contributed by atoms with Gasteiger partial charge in [-0.2, -0.15) is 0 Å². The SMILES string of the molecule is C#Cc1cccc(NC(=O)NC(=O)CCCl)c1. The zero-order valence-corrected chi connectivity index (χ0v) is 9.75. The number of carbonyl (C=O) groups excluding carboxylic acids is 2. The Labute approximate surface area is 104 Å². The Morgan fingerprint density at radius 3 is 2.82 bits per heavy atom. The molecule has 17 heavy (non-hydrogen) atoms. The quantitative estimate of drug-likeness (QED) is 0.636. The van der Waals surface area contributed by atoms with Crippen LogP contribution in [0.1, 0.15) is 12.0 Å². The number of terminal acetylenes is 1. The number of urea groups is 1. The molecule has 0 bridgehead atoms. The lowest BCUT2D eigenvalue weighted by Gasteiger charge is -2.06. The van der Waals surface area contributed by atoms with Crippen LogP contribution in [-0.2, 0) is 4.79 Å². The number of imide groups is 1. The maximum absolute atomic E-state index is 11.4. The Morgan fingerprint density at radius 1 is 1.41 bits per heavy atom. The van der Waals surface area contributed by atoms with E-state index in [1.165, 1.54) is 0 Å². The van der Waals surface area contributed by atoms with Gasteiger partial charge in [0.15, 0.2) is 0 Å². The van der Waals surface area contributed by atoms with E-state index in [0.29, 0.717) is 11.3 Å². The molecule has 3 amide bonds. The second-order valence-corrected chi connectivity index (χ2v) is 3.54. The highest BCUT2D eigenvalue weighted by atomic mass is 35.5. The molecule has 0 aromatic heterocycles. The monoisotopic (exact) mass is 250 g/mol. The molecule has 1 rings (SSSR count). The molecule has 0 unspecified atom stereocenters. The smallest absolute Gasteiger partial charge is 0.308 e. The molecule has 4 nitrogen and oxygen atoms in total. The van der Waals surface area contributed by atoms with Crippen LogP contribution in [0, 0.1) is 12.3 Å². The van der Waals surface area contributed by atoms with E-state index in [0.717, 1.165) is 0 Å². The number of halogens is 1. The summed E-state index contributed by atoms with van der Waals surface area (Å²) in [5, 5.41) is 4.64. The first kappa shape index (κ1) is 13.1. The number of hydrogen-bond donors (Lipinski definition) is 2. The lowest BCUT2D eigenvalue weighted by Crippen LogP contribution is -2.34. The first-order valence-corrected chi connectivity index (χ1v) is 5.42. The van der Waals surface area contributed by atoms with Crippen molar-refractivity contribution in [2.75, 3.05) is 11.2 Å². The van der Waals surface area contributed by atoms with Crippen LogP contribution in [0.15, 0.2) is 24.3 Å². The van der Waals surface area contributed by atoms with E-state index in [-0.39, 0.29) is 12.3 Å². The second-order valence-electron chi connectivity index (χ2n) is 3.17. The molecule has 2 N–H and O–H groups in total. The van der Waals surface area contributed by atoms with E-state index in [9.17, 15) is 9.59 Å². The fourth-order valence-corrected chi connectivity index (χ4v) is 1.30. The van der Waals surface area contributed by atoms with Crippen LogP contribution >= 0.6 is 11.6 Å². The van der Waals surface area contributed by atoms with Crippen LogP contribution in [0.25, 0.3) is 0 Å². The minimum atomic E-state index is -0.603. The van der Waals surface area contributed by atoms with E-state index in [2.05, 4.69) is 16.6 Å². The van der Waals surface area contributed by atoms with Gasteiger partial charge < -0.3 is 5.32 Å². The molecule has 0 heterocycles. The van der Waals surface area contributed by atoms with Gasteiger partial charge in [-0.05, 0) is 18.2 Å². The first-order valence-electron chi connectivity index (χ1n) is 4.89. The topological polar surface area (TPSA) is 58.2 Å². The van der Waals surface area contributed by atoms with Gasteiger partial charge in [-0.1, -0.05) is 12.0 Å². The standard InChI is InChI=1S/C12H11ClN2O2/c1-2-9-4-3-5-10(8-9)14-12(17)15-11(16)6-7-13/h1,3-5,8H,6-7H2,(H2,14,15,16,17). The van der Waals surface area contributed by atoms with Crippen molar-refractivity contribution in [3.05, 3.63) is 29.8 Å². The lowest BCUT2D eigenvalue weighted by atomic mass is 10.2. The van der Waals surface area contributed by atoms with Crippen molar-refractivity contribution in [3.8, 4) is 12.3 Å². The highest BCUT2D eigenvalue weighted by molar-refractivity contribution is 6.19. The van der Waals surface area contributed by atoms with Crippen molar-refractivity contribution in [1.82, 2.24) is 5.32 Å². The molecule has 0 fully saturated rings. The number of nitrogens with one attached hydrogen (secondary N) is 2. The Bertz CT molecular complexity index is 466. The highest BCUT2D eigenvalue weighted by Crippen LogP contribution is 2.09. The van der Waals surface area contributed by atoms with Crippen LogP contribution in [-0.4, -0.2) is 17.8 Å². The van der Waals surface area contributed by atoms with Crippen LogP contribution in [0.3, 0.4) is 0 Å². The minimum absolute atomic E-state index is 0.0966. The molecular weight excluding hydrogens is 240 g/mol. The van der Waals surface area contributed by atoms with Crippen LogP contribution in [0.5, 0.6) is 0 Å².